The predicted molar refractivity (Wildman–Crippen MR) is 113 cm³/mol. The summed E-state index contributed by atoms with van der Waals surface area (Å²) in [5, 5.41) is 4.39. The molecule has 1 amide bonds. The van der Waals surface area contributed by atoms with E-state index in [1.807, 2.05) is 25.3 Å². The summed E-state index contributed by atoms with van der Waals surface area (Å²) in [6, 6.07) is 0.771. The van der Waals surface area contributed by atoms with Crippen molar-refractivity contribution in [3.63, 3.8) is 0 Å². The standard InChI is InChI=1S/C22H34IN4O3/c1-4-29-15-13-25(3)22(28)19-16-24-27(17-19)20-6-8-21(9-7-20)30-14-5-12-26-18(2)10-11-23-26/h6,8,16-18H,4-5,7,9-15H2,1-3H3/q-1. The zero-order valence-electron chi connectivity index (χ0n) is 18.3. The van der Waals surface area contributed by atoms with Crippen LogP contribution < -0.4 is 21.5 Å². The van der Waals surface area contributed by atoms with Crippen LogP contribution in [0.3, 0.4) is 0 Å². The molecule has 0 bridgehead atoms. The molecular weight excluding hydrogens is 495 g/mol. The van der Waals surface area contributed by atoms with Crippen molar-refractivity contribution >= 4 is 11.6 Å². The number of hydrogen-bond acceptors (Lipinski definition) is 5. The Morgan fingerprint density at radius 3 is 2.90 bits per heavy atom. The molecule has 1 saturated heterocycles. The third-order valence-electron chi connectivity index (χ3n) is 5.38. The fourth-order valence-corrected chi connectivity index (χ4v) is 6.88. The topological polar surface area (TPSA) is 59.8 Å². The van der Waals surface area contributed by atoms with Crippen molar-refractivity contribution in [2.75, 3.05) is 44.4 Å². The molecule has 1 aromatic heterocycles. The van der Waals surface area contributed by atoms with Gasteiger partial charge < -0.3 is 9.64 Å². The second kappa shape index (κ2) is 11.9. The maximum absolute atomic E-state index is 12.5. The summed E-state index contributed by atoms with van der Waals surface area (Å²) in [6.45, 7) is 8.03. The van der Waals surface area contributed by atoms with Crippen LogP contribution in [0.4, 0.5) is 0 Å². The predicted octanol–water partition coefficient (Wildman–Crippen LogP) is 0.0151. The number of rotatable bonds is 11. The number of nitrogens with zero attached hydrogens (tertiary/aromatic N) is 4. The van der Waals surface area contributed by atoms with Gasteiger partial charge in [-0.3, -0.25) is 4.79 Å². The Hall–Kier alpha value is -1.39. The Balaban J connectivity index is 1.45. The summed E-state index contributed by atoms with van der Waals surface area (Å²) in [4.78, 5) is 14.2. The van der Waals surface area contributed by atoms with E-state index in [4.69, 9.17) is 9.47 Å². The van der Waals surface area contributed by atoms with Crippen LogP contribution in [0, 0.1) is 0 Å². The number of ether oxygens (including phenoxy) is 2. The molecule has 0 aromatic carbocycles. The fraction of sp³-hybridized carbons (Fsp3) is 0.636. The van der Waals surface area contributed by atoms with Crippen LogP contribution in [0.1, 0.15) is 49.9 Å². The van der Waals surface area contributed by atoms with Crippen molar-refractivity contribution in [3.05, 3.63) is 35.9 Å². The van der Waals surface area contributed by atoms with Crippen molar-refractivity contribution < 1.29 is 35.7 Å². The quantitative estimate of drug-likeness (QED) is 0.175. The third-order valence-corrected chi connectivity index (χ3v) is 8.80. The van der Waals surface area contributed by atoms with Gasteiger partial charge in [0.2, 0.25) is 0 Å². The minimum atomic E-state index is -0.0355. The molecule has 0 radical (unpaired) electrons. The van der Waals surface area contributed by atoms with Crippen LogP contribution >= 0.6 is 0 Å². The molecule has 8 heteroatoms. The molecule has 1 unspecified atom stereocenters. The van der Waals surface area contributed by atoms with E-state index in [0.29, 0.717) is 25.3 Å². The number of carbonyl (C=O) groups excluding carboxylic acids is 1. The summed E-state index contributed by atoms with van der Waals surface area (Å²) < 4.78 is 17.2. The summed E-state index contributed by atoms with van der Waals surface area (Å²) in [5.41, 5.74) is 1.67. The van der Waals surface area contributed by atoms with Crippen LogP contribution in [0.2, 0.25) is 0 Å². The monoisotopic (exact) mass is 529 g/mol. The molecule has 1 atom stereocenters. The van der Waals surface area contributed by atoms with Gasteiger partial charge in [0.15, 0.2) is 0 Å². The number of amides is 1. The molecule has 1 aliphatic heterocycles. The van der Waals surface area contributed by atoms with Gasteiger partial charge in [-0.05, 0) is 6.92 Å². The van der Waals surface area contributed by atoms with E-state index in [1.54, 1.807) is 22.8 Å². The number of aromatic nitrogens is 2. The van der Waals surface area contributed by atoms with Crippen molar-refractivity contribution in [1.29, 1.82) is 0 Å². The van der Waals surface area contributed by atoms with Gasteiger partial charge in [0, 0.05) is 20.2 Å². The Morgan fingerprint density at radius 1 is 1.33 bits per heavy atom. The van der Waals surface area contributed by atoms with Crippen LogP contribution in [-0.2, 0) is 9.47 Å². The molecule has 0 saturated carbocycles. The SMILES string of the molecule is CCOCCN(C)C(=O)c1cnn(C2=CC=C(OCCCN3[I-]CCC3C)CC2)c1. The number of likely N-dealkylation sites (N-methyl/N-ethyl adjacent to an activating group) is 1. The molecule has 1 fully saturated rings. The minimum absolute atomic E-state index is 0.0355. The molecule has 2 aliphatic rings. The Bertz CT molecular complexity index is 761. The van der Waals surface area contributed by atoms with Crippen LogP contribution in [0.5, 0.6) is 0 Å². The van der Waals surface area contributed by atoms with E-state index in [9.17, 15) is 4.79 Å². The number of halogens is 1. The van der Waals surface area contributed by atoms with E-state index in [2.05, 4.69) is 15.1 Å². The van der Waals surface area contributed by atoms with Crippen LogP contribution in [0.15, 0.2) is 30.3 Å². The molecule has 0 spiro atoms. The van der Waals surface area contributed by atoms with Gasteiger partial charge in [0.1, 0.15) is 0 Å². The van der Waals surface area contributed by atoms with Gasteiger partial charge in [-0.1, -0.05) is 0 Å². The molecule has 2 heterocycles. The first-order valence-electron chi connectivity index (χ1n) is 10.8. The van der Waals surface area contributed by atoms with Gasteiger partial charge >= 0.3 is 137 Å². The Kier molecular flexibility index (Phi) is 9.20. The van der Waals surface area contributed by atoms with E-state index in [0.717, 1.165) is 43.4 Å². The summed E-state index contributed by atoms with van der Waals surface area (Å²) in [6.07, 6.45) is 11.7. The first-order valence-corrected chi connectivity index (χ1v) is 13.3. The maximum atomic E-state index is 12.5. The van der Waals surface area contributed by atoms with Gasteiger partial charge in [0.05, 0.1) is 6.61 Å². The number of hydrogen-bond donors (Lipinski definition) is 0. The average molecular weight is 529 g/mol. The zero-order valence-corrected chi connectivity index (χ0v) is 20.5. The van der Waals surface area contributed by atoms with Crippen molar-refractivity contribution in [2.45, 2.75) is 45.6 Å². The number of allylic oxidation sites excluding steroid dienone is 4. The second-order valence-electron chi connectivity index (χ2n) is 7.66. The summed E-state index contributed by atoms with van der Waals surface area (Å²) >= 11 is 0.270. The second-order valence-corrected chi connectivity index (χ2v) is 10.7. The Morgan fingerprint density at radius 2 is 2.20 bits per heavy atom. The first kappa shape index (κ1) is 23.3. The van der Waals surface area contributed by atoms with E-state index >= 15 is 0 Å². The van der Waals surface area contributed by atoms with Crippen molar-refractivity contribution in [2.24, 2.45) is 0 Å². The van der Waals surface area contributed by atoms with Gasteiger partial charge in [-0.15, -0.1) is 0 Å². The van der Waals surface area contributed by atoms with Crippen LogP contribution in [0.25, 0.3) is 5.70 Å². The zero-order chi connectivity index (χ0) is 21.3. The summed E-state index contributed by atoms with van der Waals surface area (Å²) in [5.74, 6) is 1.01. The molecule has 7 nitrogen and oxygen atoms in total. The molecule has 0 N–H and O–H groups in total. The van der Waals surface area contributed by atoms with E-state index in [1.165, 1.54) is 17.4 Å². The third kappa shape index (κ3) is 6.55. The molecule has 1 aliphatic carbocycles. The number of carbonyl (C=O) groups is 1. The normalized spacial score (nSPS) is 19.8. The van der Waals surface area contributed by atoms with E-state index < -0.39 is 0 Å². The van der Waals surface area contributed by atoms with Crippen LogP contribution in [-0.4, -0.2) is 74.1 Å². The molecule has 1 aromatic rings. The van der Waals surface area contributed by atoms with Crippen molar-refractivity contribution in [3.8, 4) is 0 Å². The number of alkyl halides is 1. The molecular formula is C22H34IN4O3-. The first-order chi connectivity index (χ1) is 14.6. The van der Waals surface area contributed by atoms with Crippen molar-refractivity contribution in [1.82, 2.24) is 17.8 Å². The fourth-order valence-electron chi connectivity index (χ4n) is 3.45. The van der Waals surface area contributed by atoms with Gasteiger partial charge in [0.25, 0.3) is 5.91 Å². The Labute approximate surface area is 190 Å². The summed E-state index contributed by atoms with van der Waals surface area (Å²) in [7, 11) is 1.79. The molecule has 30 heavy (non-hydrogen) atoms. The molecule has 168 valence electrons. The molecule has 3 rings (SSSR count). The van der Waals surface area contributed by atoms with E-state index in [-0.39, 0.29) is 27.4 Å². The average Bonchev–Trinajstić information content (AvgIpc) is 3.40. The van der Waals surface area contributed by atoms with Gasteiger partial charge in [-0.2, -0.15) is 0 Å². The van der Waals surface area contributed by atoms with Gasteiger partial charge in [-0.25, -0.2) is 0 Å².